The van der Waals surface area contributed by atoms with Gasteiger partial charge in [-0.2, -0.15) is 13.5 Å². The zero-order valence-corrected chi connectivity index (χ0v) is 47.7. The molecule has 2 amide bonds. The second kappa shape index (κ2) is 25.0. The Balaban J connectivity index is 0.000000241. The van der Waals surface area contributed by atoms with Crippen LogP contribution in [0.5, 0.6) is 23.0 Å². The van der Waals surface area contributed by atoms with Crippen LogP contribution in [0.4, 0.5) is 34.1 Å². The number of methoxy groups -OCH3 is 2. The number of nitrogens with one attached hydrogen (secondary N) is 2. The summed E-state index contributed by atoms with van der Waals surface area (Å²) in [5.41, 5.74) is 0.642. The topological polar surface area (TPSA) is 281 Å². The average molecular weight is 1220 g/mol. The van der Waals surface area contributed by atoms with E-state index >= 15 is 0 Å². The maximum absolute atomic E-state index is 13.4. The molecule has 18 nitrogen and oxygen atoms in total. The molecule has 0 fully saturated rings. The van der Waals surface area contributed by atoms with Crippen LogP contribution in [-0.2, 0) is 33.1 Å². The largest absolute Gasteiger partial charge is 2.00 e. The van der Waals surface area contributed by atoms with E-state index in [1.54, 1.807) is 111 Å². The molecule has 0 unspecified atom stereocenters. The van der Waals surface area contributed by atoms with Crippen molar-refractivity contribution in [2.24, 2.45) is 20.5 Å². The third-order valence-corrected chi connectivity index (χ3v) is 13.7. The first-order valence-electron chi connectivity index (χ1n) is 22.1. The maximum atomic E-state index is 13.4. The summed E-state index contributed by atoms with van der Waals surface area (Å²) in [7, 11) is -6.51. The summed E-state index contributed by atoms with van der Waals surface area (Å²) < 4.78 is 79.5. The molecule has 0 saturated carbocycles. The number of fused-ring (bicyclic) bond motifs is 2. The van der Waals surface area contributed by atoms with Crippen molar-refractivity contribution < 1.29 is 55.2 Å². The number of hydrogen-bond donors (Lipinski definition) is 4. The molecule has 0 radical (unpaired) electrons. The first-order valence-corrected chi connectivity index (χ1v) is 25.7. The van der Waals surface area contributed by atoms with Crippen LogP contribution < -0.4 is 25.2 Å². The van der Waals surface area contributed by atoms with Crippen molar-refractivity contribution in [3.05, 3.63) is 166 Å². The van der Waals surface area contributed by atoms with Gasteiger partial charge < -0.3 is 34.9 Å². The Morgan fingerprint density at radius 2 is 0.987 bits per heavy atom. The van der Waals surface area contributed by atoms with Gasteiger partial charge in [-0.1, -0.05) is 91.3 Å². The molecule has 23 heteroatoms. The predicted molar refractivity (Wildman–Crippen MR) is 284 cm³/mol. The van der Waals surface area contributed by atoms with E-state index in [0.717, 1.165) is 12.1 Å². The SMILES string of the molecule is CCc1c(Cl)ccc(S(=O)(=O)O)c1N=Nc1c(O)c(C(=O)Nc2ccc(OC)cc2)cc2ccccc12.CCc1c(Cl)ccc(S(=O)(=O)[O-])c1N=Nc1c([O-])c(C(=O)Nc2ccc(OC)cc2)cc2ccccc12.[Ba+2]. The van der Waals surface area contributed by atoms with E-state index in [1.165, 1.54) is 38.5 Å². The van der Waals surface area contributed by atoms with Crippen molar-refractivity contribution in [2.75, 3.05) is 24.9 Å². The molecule has 0 aliphatic rings. The number of halogens is 2. The Labute approximate surface area is 481 Å². The smallest absolute Gasteiger partial charge is 0.870 e. The summed E-state index contributed by atoms with van der Waals surface area (Å²) in [6, 6.07) is 34.6. The van der Waals surface area contributed by atoms with Gasteiger partial charge in [0.15, 0.2) is 5.75 Å². The zero-order chi connectivity index (χ0) is 53.5. The van der Waals surface area contributed by atoms with E-state index < -0.39 is 53.3 Å². The van der Waals surface area contributed by atoms with Crippen LogP contribution in [0.1, 0.15) is 45.7 Å². The quantitative estimate of drug-likeness (QED) is 0.0449. The molecule has 75 heavy (non-hydrogen) atoms. The predicted octanol–water partition coefficient (Wildman–Crippen LogP) is 12.0. The Kier molecular flexibility index (Phi) is 19.3. The summed E-state index contributed by atoms with van der Waals surface area (Å²) >= 11 is 12.4. The van der Waals surface area contributed by atoms with Gasteiger partial charge in [0.2, 0.25) is 0 Å². The number of amides is 2. The number of hydrogen-bond acceptors (Lipinski definition) is 15. The standard InChI is InChI=1S/2C26H22ClN3O6S.Ba/c2*1-3-18-21(27)12-13-22(37(33,34)35)23(18)29-30-24-19-7-5-4-6-15(19)14-20(25(24)31)26(32)28-16-8-10-17(36-2)11-9-16;/h2*4-14,31H,3H2,1-2H3,(H,28,32)(H,33,34,35);/q;;+2/p-2. The Morgan fingerprint density at radius 1 is 0.587 bits per heavy atom. The fourth-order valence-corrected chi connectivity index (χ4v) is 9.45. The second-order valence-corrected chi connectivity index (χ2v) is 19.4. The number of ether oxygens (including phenoxy) is 2. The van der Waals surface area contributed by atoms with Gasteiger partial charge in [-0.25, -0.2) is 8.42 Å². The number of azo groups is 2. The molecule has 0 spiro atoms. The zero-order valence-electron chi connectivity index (χ0n) is 40.2. The number of anilines is 2. The first kappa shape index (κ1) is 57.9. The van der Waals surface area contributed by atoms with Crippen molar-refractivity contribution in [2.45, 2.75) is 36.5 Å². The Morgan fingerprint density at radius 3 is 1.44 bits per heavy atom. The van der Waals surface area contributed by atoms with Crippen LogP contribution in [0.3, 0.4) is 0 Å². The molecule has 8 rings (SSSR count). The summed E-state index contributed by atoms with van der Waals surface area (Å²) in [6.45, 7) is 3.45. The summed E-state index contributed by atoms with van der Waals surface area (Å²) in [4.78, 5) is 25.0. The monoisotopic (exact) mass is 1210 g/mol. The van der Waals surface area contributed by atoms with Crippen molar-refractivity contribution in [1.82, 2.24) is 0 Å². The van der Waals surface area contributed by atoms with Crippen molar-refractivity contribution in [3.8, 4) is 23.0 Å². The van der Waals surface area contributed by atoms with E-state index in [4.69, 9.17) is 32.7 Å². The minimum atomic E-state index is -4.91. The molecule has 8 aromatic carbocycles. The van der Waals surface area contributed by atoms with Crippen LogP contribution in [0.2, 0.25) is 10.0 Å². The number of carbonyl (C=O) groups is 2. The van der Waals surface area contributed by atoms with E-state index in [-0.39, 0.29) is 105 Å². The number of nitrogens with zero attached hydrogens (tertiary/aromatic N) is 4. The molecular weight excluding hydrogens is 1170 g/mol. The number of carbonyl (C=O) groups excluding carboxylic acids is 2. The van der Waals surface area contributed by atoms with E-state index in [2.05, 4.69) is 31.1 Å². The van der Waals surface area contributed by atoms with Gasteiger partial charge in [0.05, 0.1) is 30.4 Å². The van der Waals surface area contributed by atoms with Crippen molar-refractivity contribution >= 4 is 160 Å². The molecule has 4 N–H and O–H groups in total. The molecule has 0 bridgehead atoms. The van der Waals surface area contributed by atoms with Gasteiger partial charge in [-0.15, -0.1) is 15.3 Å². The van der Waals surface area contributed by atoms with E-state index in [1.807, 2.05) is 0 Å². The fourth-order valence-electron chi connectivity index (χ4n) is 7.60. The molecule has 0 saturated heterocycles. The second-order valence-electron chi connectivity index (χ2n) is 15.8. The first-order chi connectivity index (χ1) is 35.3. The third kappa shape index (κ3) is 13.3. The molecule has 0 aliphatic carbocycles. The van der Waals surface area contributed by atoms with Crippen LogP contribution >= 0.6 is 23.2 Å². The van der Waals surface area contributed by atoms with Gasteiger partial charge in [0.25, 0.3) is 21.9 Å². The summed E-state index contributed by atoms with van der Waals surface area (Å²) in [5.74, 6) is -1.23. The molecule has 0 atom stereocenters. The molecule has 0 aliphatic heterocycles. The number of benzene rings is 8. The number of aromatic hydroxyl groups is 1. The van der Waals surface area contributed by atoms with E-state index in [9.17, 15) is 45.7 Å². The number of phenols is 1. The van der Waals surface area contributed by atoms with Crippen molar-refractivity contribution in [3.63, 3.8) is 0 Å². The van der Waals surface area contributed by atoms with Crippen LogP contribution in [0, 0.1) is 0 Å². The maximum Gasteiger partial charge on any atom is 2.00 e. The minimum absolute atomic E-state index is 0. The average Bonchev–Trinajstić information content (AvgIpc) is 3.37. The normalized spacial score (nSPS) is 11.5. The molecule has 380 valence electrons. The number of phenolic OH excluding ortho intramolecular Hbond substituents is 1. The Hall–Kier alpha value is -6.41. The minimum Gasteiger partial charge on any atom is -0.870 e. The molecule has 0 aromatic heterocycles. The summed E-state index contributed by atoms with van der Waals surface area (Å²) in [5, 5.41) is 48.6. The van der Waals surface area contributed by atoms with Crippen molar-refractivity contribution in [1.29, 1.82) is 0 Å². The molecule has 8 aromatic rings. The molecular formula is C52H42BaCl2N6O12S2. The van der Waals surface area contributed by atoms with Crippen LogP contribution in [0.25, 0.3) is 21.5 Å². The van der Waals surface area contributed by atoms with Crippen LogP contribution in [-0.4, -0.2) is 106 Å². The van der Waals surface area contributed by atoms with Gasteiger partial charge in [0, 0.05) is 37.8 Å². The summed E-state index contributed by atoms with van der Waals surface area (Å²) in [6.07, 6.45) is 0.555. The molecule has 0 heterocycles. The van der Waals surface area contributed by atoms with Gasteiger partial charge in [-0.05, 0) is 120 Å². The third-order valence-electron chi connectivity index (χ3n) is 11.3. The van der Waals surface area contributed by atoms with E-state index in [0.29, 0.717) is 56.4 Å². The number of rotatable bonds is 14. The fraction of sp³-hybridized carbons (Fsp3) is 0.115. The van der Waals surface area contributed by atoms with Gasteiger partial charge in [-0.3, -0.25) is 14.1 Å². The Bertz CT molecular complexity index is 3530. The van der Waals surface area contributed by atoms with Crippen LogP contribution in [0.15, 0.2) is 164 Å². The van der Waals surface area contributed by atoms with Gasteiger partial charge >= 0.3 is 48.9 Å². The van der Waals surface area contributed by atoms with Gasteiger partial charge in [0.1, 0.15) is 43.6 Å².